The van der Waals surface area contributed by atoms with Crippen LogP contribution in [0, 0.1) is 0 Å². The van der Waals surface area contributed by atoms with E-state index in [1.54, 1.807) is 36.9 Å². The summed E-state index contributed by atoms with van der Waals surface area (Å²) in [5, 5.41) is 12.6. The molecule has 0 saturated carbocycles. The van der Waals surface area contributed by atoms with Gasteiger partial charge in [0.05, 0.1) is 23.4 Å². The van der Waals surface area contributed by atoms with Gasteiger partial charge in [-0.3, -0.25) is 19.9 Å². The first-order valence-electron chi connectivity index (χ1n) is 12.3. The Balaban J connectivity index is 2.20. The number of hydrogen-bond acceptors (Lipinski definition) is 4. The molecule has 3 rings (SSSR count). The van der Waals surface area contributed by atoms with Crippen LogP contribution < -0.4 is 10.4 Å². The molecule has 41 heavy (non-hydrogen) atoms. The zero-order valence-corrected chi connectivity index (χ0v) is 23.4. The molecule has 0 radical (unpaired) electrons. The van der Waals surface area contributed by atoms with E-state index >= 15 is 0 Å². The molecule has 2 N–H and O–H groups in total. The average molecular weight is 646 g/mol. The number of likely N-dealkylation sites (N-methyl/N-ethyl adjacent to an activating group) is 1. The van der Waals surface area contributed by atoms with Crippen molar-refractivity contribution in [2.75, 3.05) is 24.6 Å². The van der Waals surface area contributed by atoms with E-state index in [1.165, 1.54) is 6.07 Å². The van der Waals surface area contributed by atoms with Crippen LogP contribution in [0.4, 0.5) is 32.0 Å². The van der Waals surface area contributed by atoms with Crippen LogP contribution in [0.15, 0.2) is 77.3 Å². The minimum atomic E-state index is -4.89. The van der Waals surface area contributed by atoms with E-state index in [4.69, 9.17) is 0 Å². The first-order chi connectivity index (χ1) is 19.1. The highest BCUT2D eigenvalue weighted by Gasteiger charge is 2.44. The Morgan fingerprint density at radius 1 is 0.780 bits per heavy atom. The molecule has 220 valence electrons. The van der Waals surface area contributed by atoms with Crippen molar-refractivity contribution in [3.63, 3.8) is 0 Å². The minimum absolute atomic E-state index is 0.119. The van der Waals surface area contributed by atoms with Crippen molar-refractivity contribution in [2.45, 2.75) is 31.8 Å². The van der Waals surface area contributed by atoms with Gasteiger partial charge >= 0.3 is 12.4 Å². The number of carbonyl (C=O) groups is 2. The molecule has 0 fully saturated rings. The molecule has 0 spiro atoms. The number of rotatable bonds is 8. The first-order valence-corrected chi connectivity index (χ1v) is 13.1. The van der Waals surface area contributed by atoms with Crippen molar-refractivity contribution in [3.8, 4) is 0 Å². The maximum atomic E-state index is 13.9. The van der Waals surface area contributed by atoms with Gasteiger partial charge < -0.3 is 5.11 Å². The van der Waals surface area contributed by atoms with Gasteiger partial charge in [-0.15, -0.1) is 0 Å². The second kappa shape index (κ2) is 12.6. The highest BCUT2D eigenvalue weighted by atomic mass is 79.9. The maximum Gasteiger partial charge on any atom is 0.416 e. The molecular weight excluding hydrogens is 620 g/mol. The number of nitrogens with one attached hydrogen (secondary N) is 1. The molecule has 6 nitrogen and oxygen atoms in total. The third-order valence-corrected chi connectivity index (χ3v) is 7.02. The molecular formula is C28H26BrF6N3O3. The predicted molar refractivity (Wildman–Crippen MR) is 143 cm³/mol. The molecule has 3 aromatic carbocycles. The molecule has 13 heteroatoms. The molecule has 0 heterocycles. The van der Waals surface area contributed by atoms with Crippen LogP contribution in [-0.4, -0.2) is 41.5 Å². The highest BCUT2D eigenvalue weighted by Crippen LogP contribution is 2.38. The summed E-state index contributed by atoms with van der Waals surface area (Å²) in [6, 6.07) is 12.3. The number of benzene rings is 3. The lowest BCUT2D eigenvalue weighted by Crippen LogP contribution is -2.56. The normalized spacial score (nSPS) is 12.4. The number of aliphatic hydroxyl groups is 1. The van der Waals surface area contributed by atoms with E-state index in [2.05, 4.69) is 21.4 Å². The van der Waals surface area contributed by atoms with Crippen molar-refractivity contribution in [1.82, 2.24) is 10.3 Å². The topological polar surface area (TPSA) is 72.9 Å². The quantitative estimate of drug-likeness (QED) is 0.228. The number of amides is 2. The average Bonchev–Trinajstić information content (AvgIpc) is 2.93. The van der Waals surface area contributed by atoms with Crippen molar-refractivity contribution >= 4 is 33.4 Å². The summed E-state index contributed by atoms with van der Waals surface area (Å²) in [6.45, 7) is 4.35. The lowest BCUT2D eigenvalue weighted by atomic mass is 9.84. The van der Waals surface area contributed by atoms with Gasteiger partial charge in [0.15, 0.2) is 5.60 Å². The number of nitrogens with zero attached hydrogens (tertiary/aromatic N) is 2. The van der Waals surface area contributed by atoms with E-state index in [9.17, 15) is 41.0 Å². The fourth-order valence-electron chi connectivity index (χ4n) is 4.05. The fraction of sp³-hybridized carbons (Fsp3) is 0.286. The minimum Gasteiger partial charge on any atom is -0.372 e. The molecule has 0 aliphatic carbocycles. The van der Waals surface area contributed by atoms with Gasteiger partial charge in [-0.2, -0.15) is 26.3 Å². The van der Waals surface area contributed by atoms with Crippen molar-refractivity contribution in [1.29, 1.82) is 0 Å². The summed E-state index contributed by atoms with van der Waals surface area (Å²) in [6.07, 6.45) is -9.77. The molecule has 0 unspecified atom stereocenters. The Hall–Kier alpha value is -3.42. The summed E-state index contributed by atoms with van der Waals surface area (Å²) < 4.78 is 81.7. The number of anilines is 1. The van der Waals surface area contributed by atoms with Crippen LogP contribution in [0.2, 0.25) is 0 Å². The lowest BCUT2D eigenvalue weighted by molar-refractivity contribution is -0.141. The smallest absolute Gasteiger partial charge is 0.372 e. The monoisotopic (exact) mass is 645 g/mol. The molecule has 0 atom stereocenters. The molecule has 2 amide bonds. The van der Waals surface area contributed by atoms with Crippen molar-refractivity contribution < 1.29 is 41.0 Å². The van der Waals surface area contributed by atoms with E-state index in [-0.39, 0.29) is 12.2 Å². The second-order valence-corrected chi connectivity index (χ2v) is 9.80. The lowest BCUT2D eigenvalue weighted by Gasteiger charge is -2.33. The van der Waals surface area contributed by atoms with Crippen LogP contribution in [0.1, 0.15) is 36.1 Å². The maximum absolute atomic E-state index is 13.9. The van der Waals surface area contributed by atoms with Crippen LogP contribution in [0.25, 0.3) is 0 Å². The summed E-state index contributed by atoms with van der Waals surface area (Å²) in [5.74, 6) is -2.14. The number of halogens is 7. The zero-order valence-electron chi connectivity index (χ0n) is 21.9. The van der Waals surface area contributed by atoms with Gasteiger partial charge in [0.2, 0.25) is 0 Å². The van der Waals surface area contributed by atoms with E-state index < -0.39 is 52.0 Å². The van der Waals surface area contributed by atoms with Crippen molar-refractivity contribution in [3.05, 3.63) is 99.5 Å². The third-order valence-electron chi connectivity index (χ3n) is 6.35. The number of hydrogen-bond donors (Lipinski definition) is 2. The number of para-hydroxylation sites is 1. The van der Waals surface area contributed by atoms with Gasteiger partial charge in [-0.05, 0) is 76.5 Å². The summed E-state index contributed by atoms with van der Waals surface area (Å²) in [7, 11) is 0. The van der Waals surface area contributed by atoms with Gasteiger partial charge in [-0.25, -0.2) is 5.01 Å². The summed E-state index contributed by atoms with van der Waals surface area (Å²) in [5.41, 5.74) is -4.51. The van der Waals surface area contributed by atoms with Crippen LogP contribution >= 0.6 is 15.9 Å². The standard InChI is InChI=1S/C28H26BrF6N3O3/c1-3-37(4-2)17-24(39)38(23-14-6-5-13-22(23)29)36-25(40)26(41,18-9-7-11-20(15-18)27(30,31)32)19-10-8-12-21(16-19)28(33,34)35/h5-16,41H,3-4,17H2,1-2H3,(H,36,40). The molecule has 0 aliphatic rings. The van der Waals surface area contributed by atoms with Gasteiger partial charge in [0, 0.05) is 4.47 Å². The van der Waals surface area contributed by atoms with Gasteiger partial charge in [0.1, 0.15) is 0 Å². The Bertz CT molecular complexity index is 1340. The molecule has 0 aliphatic heterocycles. The van der Waals surface area contributed by atoms with Crippen molar-refractivity contribution in [2.24, 2.45) is 0 Å². The zero-order chi connectivity index (χ0) is 30.6. The number of carbonyl (C=O) groups excluding carboxylic acids is 2. The second-order valence-electron chi connectivity index (χ2n) is 8.95. The summed E-state index contributed by atoms with van der Waals surface area (Å²) in [4.78, 5) is 29.0. The van der Waals surface area contributed by atoms with E-state index in [0.29, 0.717) is 41.8 Å². The molecule has 0 aromatic heterocycles. The largest absolute Gasteiger partial charge is 0.416 e. The molecule has 3 aromatic rings. The Kier molecular flexibility index (Phi) is 9.88. The fourth-order valence-corrected chi connectivity index (χ4v) is 4.51. The highest BCUT2D eigenvalue weighted by molar-refractivity contribution is 9.10. The number of hydrazine groups is 1. The van der Waals surface area contributed by atoms with E-state index in [0.717, 1.165) is 29.3 Å². The Labute approximate surface area is 240 Å². The van der Waals surface area contributed by atoms with Crippen LogP contribution in [0.5, 0.6) is 0 Å². The van der Waals surface area contributed by atoms with E-state index in [1.807, 2.05) is 0 Å². The first kappa shape index (κ1) is 32.1. The Morgan fingerprint density at radius 2 is 1.24 bits per heavy atom. The summed E-state index contributed by atoms with van der Waals surface area (Å²) >= 11 is 3.29. The molecule has 0 bridgehead atoms. The SMILES string of the molecule is CCN(CC)CC(=O)N(NC(=O)C(O)(c1cccc(C(F)(F)F)c1)c1cccc(C(F)(F)F)c1)c1ccccc1Br. The molecule has 0 saturated heterocycles. The Morgan fingerprint density at radius 3 is 1.68 bits per heavy atom. The van der Waals surface area contributed by atoms with Crippen LogP contribution in [-0.2, 0) is 27.5 Å². The predicted octanol–water partition coefficient (Wildman–Crippen LogP) is 6.13. The number of alkyl halides is 6. The van der Waals surface area contributed by atoms with Gasteiger partial charge in [0.25, 0.3) is 11.8 Å². The third kappa shape index (κ3) is 7.27. The van der Waals surface area contributed by atoms with Gasteiger partial charge in [-0.1, -0.05) is 50.2 Å². The van der Waals surface area contributed by atoms with Crippen LogP contribution in [0.3, 0.4) is 0 Å².